The van der Waals surface area contributed by atoms with Gasteiger partial charge in [-0.15, -0.1) is 0 Å². The molecule has 1 heterocycles. The van der Waals surface area contributed by atoms with E-state index in [1.807, 2.05) is 6.07 Å². The standard InChI is InChI=1S/C13H15NO4/c1-15-12-6-10(14)11(7-13(12)16-2)18-8-9-4-3-5-17-9/h3-7H,8,14H2,1-2H3. The van der Waals surface area contributed by atoms with Crippen molar-refractivity contribution in [1.82, 2.24) is 0 Å². The molecule has 0 spiro atoms. The predicted molar refractivity (Wildman–Crippen MR) is 67.0 cm³/mol. The van der Waals surface area contributed by atoms with Gasteiger partial charge in [0.05, 0.1) is 26.2 Å². The highest BCUT2D eigenvalue weighted by Gasteiger charge is 2.10. The van der Waals surface area contributed by atoms with Crippen LogP contribution in [0.25, 0.3) is 0 Å². The van der Waals surface area contributed by atoms with Crippen molar-refractivity contribution in [1.29, 1.82) is 0 Å². The van der Waals surface area contributed by atoms with Crippen LogP contribution in [0.3, 0.4) is 0 Å². The second kappa shape index (κ2) is 5.35. The van der Waals surface area contributed by atoms with E-state index in [0.29, 0.717) is 29.5 Å². The minimum Gasteiger partial charge on any atom is -0.493 e. The molecule has 0 fully saturated rings. The second-order valence-corrected chi connectivity index (χ2v) is 3.61. The van der Waals surface area contributed by atoms with Crippen LogP contribution in [0.4, 0.5) is 5.69 Å². The maximum Gasteiger partial charge on any atom is 0.164 e. The monoisotopic (exact) mass is 249 g/mol. The maximum absolute atomic E-state index is 5.87. The smallest absolute Gasteiger partial charge is 0.164 e. The van der Waals surface area contributed by atoms with Crippen molar-refractivity contribution >= 4 is 5.69 Å². The second-order valence-electron chi connectivity index (χ2n) is 3.61. The van der Waals surface area contributed by atoms with Gasteiger partial charge >= 0.3 is 0 Å². The lowest BCUT2D eigenvalue weighted by Gasteiger charge is -2.12. The van der Waals surface area contributed by atoms with Gasteiger partial charge in [0, 0.05) is 12.1 Å². The summed E-state index contributed by atoms with van der Waals surface area (Å²) in [5.41, 5.74) is 6.35. The van der Waals surface area contributed by atoms with E-state index in [0.717, 1.165) is 5.76 Å². The SMILES string of the molecule is COc1cc(N)c(OCc2ccco2)cc1OC. The first-order valence-corrected chi connectivity index (χ1v) is 5.41. The highest BCUT2D eigenvalue weighted by atomic mass is 16.5. The average Bonchev–Trinajstić information content (AvgIpc) is 2.90. The van der Waals surface area contributed by atoms with Crippen LogP contribution in [-0.4, -0.2) is 14.2 Å². The van der Waals surface area contributed by atoms with Crippen LogP contribution in [0.5, 0.6) is 17.2 Å². The van der Waals surface area contributed by atoms with Crippen LogP contribution in [0.2, 0.25) is 0 Å². The Morgan fingerprint density at radius 2 is 1.83 bits per heavy atom. The minimum absolute atomic E-state index is 0.312. The molecule has 0 aliphatic rings. The van der Waals surface area contributed by atoms with Crippen molar-refractivity contribution in [2.45, 2.75) is 6.61 Å². The lowest BCUT2D eigenvalue weighted by molar-refractivity contribution is 0.269. The van der Waals surface area contributed by atoms with E-state index >= 15 is 0 Å². The highest BCUT2D eigenvalue weighted by molar-refractivity contribution is 5.61. The van der Waals surface area contributed by atoms with E-state index in [1.165, 1.54) is 0 Å². The Morgan fingerprint density at radius 3 is 2.44 bits per heavy atom. The molecule has 2 N–H and O–H groups in total. The molecule has 0 amide bonds. The zero-order valence-corrected chi connectivity index (χ0v) is 10.3. The molecule has 0 saturated heterocycles. The van der Waals surface area contributed by atoms with Crippen LogP contribution >= 0.6 is 0 Å². The fourth-order valence-corrected chi connectivity index (χ4v) is 1.54. The fraction of sp³-hybridized carbons (Fsp3) is 0.231. The van der Waals surface area contributed by atoms with Crippen molar-refractivity contribution < 1.29 is 18.6 Å². The maximum atomic E-state index is 5.87. The summed E-state index contributed by atoms with van der Waals surface area (Å²) in [6.07, 6.45) is 1.59. The van der Waals surface area contributed by atoms with E-state index in [9.17, 15) is 0 Å². The van der Waals surface area contributed by atoms with Gasteiger partial charge in [0.25, 0.3) is 0 Å². The molecule has 5 nitrogen and oxygen atoms in total. The van der Waals surface area contributed by atoms with Gasteiger partial charge in [-0.1, -0.05) is 0 Å². The Hall–Kier alpha value is -2.30. The largest absolute Gasteiger partial charge is 0.493 e. The molecule has 0 aliphatic heterocycles. The number of ether oxygens (including phenoxy) is 3. The zero-order valence-electron chi connectivity index (χ0n) is 10.3. The Balaban J connectivity index is 2.17. The third-order valence-corrected chi connectivity index (χ3v) is 2.47. The number of methoxy groups -OCH3 is 2. The van der Waals surface area contributed by atoms with Crippen molar-refractivity contribution in [3.05, 3.63) is 36.3 Å². The van der Waals surface area contributed by atoms with Gasteiger partial charge in [-0.05, 0) is 12.1 Å². The van der Waals surface area contributed by atoms with Gasteiger partial charge in [-0.2, -0.15) is 0 Å². The van der Waals surface area contributed by atoms with Crippen molar-refractivity contribution in [2.75, 3.05) is 20.0 Å². The molecular formula is C13H15NO4. The van der Waals surface area contributed by atoms with Crippen LogP contribution < -0.4 is 19.9 Å². The lowest BCUT2D eigenvalue weighted by Crippen LogP contribution is -2.00. The predicted octanol–water partition coefficient (Wildman–Crippen LogP) is 2.46. The third kappa shape index (κ3) is 2.51. The average molecular weight is 249 g/mol. The molecule has 18 heavy (non-hydrogen) atoms. The van der Waals surface area contributed by atoms with Crippen molar-refractivity contribution in [3.63, 3.8) is 0 Å². The fourth-order valence-electron chi connectivity index (χ4n) is 1.54. The Kier molecular flexibility index (Phi) is 3.62. The van der Waals surface area contributed by atoms with E-state index in [4.69, 9.17) is 24.4 Å². The molecule has 0 saturated carbocycles. The molecule has 0 atom stereocenters. The van der Waals surface area contributed by atoms with Gasteiger partial charge in [0.1, 0.15) is 18.1 Å². The van der Waals surface area contributed by atoms with E-state index in [2.05, 4.69) is 0 Å². The number of nitrogen functional groups attached to an aromatic ring is 1. The van der Waals surface area contributed by atoms with Gasteiger partial charge in [0.2, 0.25) is 0 Å². The Labute approximate surface area is 105 Å². The summed E-state index contributed by atoms with van der Waals surface area (Å²) in [4.78, 5) is 0. The summed E-state index contributed by atoms with van der Waals surface area (Å²) >= 11 is 0. The highest BCUT2D eigenvalue weighted by Crippen LogP contribution is 2.36. The van der Waals surface area contributed by atoms with Crippen molar-refractivity contribution in [3.8, 4) is 17.2 Å². The Morgan fingerprint density at radius 1 is 1.11 bits per heavy atom. The molecule has 0 radical (unpaired) electrons. The zero-order chi connectivity index (χ0) is 13.0. The molecule has 5 heteroatoms. The minimum atomic E-state index is 0.312. The first-order chi connectivity index (χ1) is 8.74. The van der Waals surface area contributed by atoms with Crippen LogP contribution in [-0.2, 0) is 6.61 Å². The topological polar surface area (TPSA) is 66.9 Å². The summed E-state index contributed by atoms with van der Waals surface area (Å²) in [6.45, 7) is 0.312. The first-order valence-electron chi connectivity index (χ1n) is 5.41. The lowest BCUT2D eigenvalue weighted by atomic mass is 10.2. The number of hydrogen-bond donors (Lipinski definition) is 1. The first kappa shape index (κ1) is 12.2. The molecule has 0 unspecified atom stereocenters. The molecule has 2 aromatic rings. The number of nitrogens with two attached hydrogens (primary N) is 1. The number of furan rings is 1. The summed E-state index contributed by atoms with van der Waals surface area (Å²) in [5.74, 6) is 2.40. The number of benzene rings is 1. The number of hydrogen-bond acceptors (Lipinski definition) is 5. The van der Waals surface area contributed by atoms with E-state index in [-0.39, 0.29) is 0 Å². The van der Waals surface area contributed by atoms with Crippen LogP contribution in [0.1, 0.15) is 5.76 Å². The summed E-state index contributed by atoms with van der Waals surface area (Å²) < 4.78 is 21.1. The number of anilines is 1. The van der Waals surface area contributed by atoms with Gasteiger partial charge < -0.3 is 24.4 Å². The molecule has 0 aliphatic carbocycles. The summed E-state index contributed by atoms with van der Waals surface area (Å²) in [7, 11) is 3.12. The summed E-state index contributed by atoms with van der Waals surface area (Å²) in [5, 5.41) is 0. The van der Waals surface area contributed by atoms with Gasteiger partial charge in [-0.3, -0.25) is 0 Å². The normalized spacial score (nSPS) is 10.1. The van der Waals surface area contributed by atoms with Crippen LogP contribution in [0.15, 0.2) is 34.9 Å². The molecule has 0 bridgehead atoms. The molecule has 96 valence electrons. The van der Waals surface area contributed by atoms with Gasteiger partial charge in [-0.25, -0.2) is 0 Å². The van der Waals surface area contributed by atoms with Crippen LogP contribution in [0, 0.1) is 0 Å². The van der Waals surface area contributed by atoms with E-state index in [1.54, 1.807) is 38.7 Å². The summed E-state index contributed by atoms with van der Waals surface area (Å²) in [6, 6.07) is 6.99. The molecular weight excluding hydrogens is 234 g/mol. The molecule has 1 aromatic carbocycles. The molecule has 1 aromatic heterocycles. The molecule has 2 rings (SSSR count). The Bertz CT molecular complexity index is 508. The third-order valence-electron chi connectivity index (χ3n) is 2.47. The van der Waals surface area contributed by atoms with Gasteiger partial charge in [0.15, 0.2) is 11.5 Å². The van der Waals surface area contributed by atoms with Crippen molar-refractivity contribution in [2.24, 2.45) is 0 Å². The number of rotatable bonds is 5. The quantitative estimate of drug-likeness (QED) is 0.824. The van der Waals surface area contributed by atoms with E-state index < -0.39 is 0 Å².